The van der Waals surface area contributed by atoms with Crippen LogP contribution in [0.3, 0.4) is 0 Å². The van der Waals surface area contributed by atoms with E-state index in [0.717, 1.165) is 20.8 Å². The fourth-order valence-electron chi connectivity index (χ4n) is 3.47. The van der Waals surface area contributed by atoms with Gasteiger partial charge in [0.05, 0.1) is 6.54 Å². The Morgan fingerprint density at radius 2 is 1.69 bits per heavy atom. The van der Waals surface area contributed by atoms with Crippen molar-refractivity contribution in [1.82, 2.24) is 18.7 Å². The first-order valence-electron chi connectivity index (χ1n) is 10.2. The molecule has 0 aliphatic carbocycles. The molecule has 0 aliphatic heterocycles. The van der Waals surface area contributed by atoms with Gasteiger partial charge in [0.25, 0.3) is 5.56 Å². The van der Waals surface area contributed by atoms with E-state index >= 15 is 0 Å². The van der Waals surface area contributed by atoms with Crippen molar-refractivity contribution < 1.29 is 0 Å². The number of fused-ring (bicyclic) bond motifs is 1. The summed E-state index contributed by atoms with van der Waals surface area (Å²) in [6, 6.07) is 15.9. The highest BCUT2D eigenvalue weighted by atomic mass is 35.5. The topological polar surface area (TPSA) is 73.8 Å². The van der Waals surface area contributed by atoms with Gasteiger partial charge in [0.2, 0.25) is 5.95 Å². The van der Waals surface area contributed by atoms with Crippen molar-refractivity contribution in [3.63, 3.8) is 0 Å². The lowest BCUT2D eigenvalue weighted by Gasteiger charge is -2.11. The van der Waals surface area contributed by atoms with Gasteiger partial charge in [-0.1, -0.05) is 41.4 Å². The normalized spacial score (nSPS) is 11.2. The van der Waals surface area contributed by atoms with Crippen LogP contribution in [0, 0.1) is 6.92 Å². The molecule has 0 amide bonds. The summed E-state index contributed by atoms with van der Waals surface area (Å²) < 4.78 is 4.39. The van der Waals surface area contributed by atoms with E-state index in [-0.39, 0.29) is 5.56 Å². The Kier molecular flexibility index (Phi) is 6.43. The number of aromatic nitrogens is 4. The number of hydrogen-bond donors (Lipinski definition) is 1. The highest BCUT2D eigenvalue weighted by Gasteiger charge is 2.19. The Balaban J connectivity index is 1.65. The van der Waals surface area contributed by atoms with Crippen molar-refractivity contribution in [1.29, 1.82) is 0 Å². The van der Waals surface area contributed by atoms with Crippen molar-refractivity contribution in [2.45, 2.75) is 18.4 Å². The third-order valence-corrected chi connectivity index (χ3v) is 6.54. The van der Waals surface area contributed by atoms with Crippen LogP contribution in [-0.4, -0.2) is 31.0 Å². The minimum absolute atomic E-state index is 0.355. The summed E-state index contributed by atoms with van der Waals surface area (Å²) in [6.07, 6.45) is 0. The van der Waals surface area contributed by atoms with E-state index in [0.29, 0.717) is 35.2 Å². The van der Waals surface area contributed by atoms with Crippen LogP contribution in [-0.2, 0) is 20.6 Å². The molecule has 0 saturated heterocycles. The third kappa shape index (κ3) is 4.47. The molecule has 0 saturated carbocycles. The fourth-order valence-corrected chi connectivity index (χ4v) is 4.37. The van der Waals surface area contributed by atoms with Gasteiger partial charge >= 0.3 is 5.69 Å². The summed E-state index contributed by atoms with van der Waals surface area (Å²) in [5.41, 5.74) is 2.24. The lowest BCUT2D eigenvalue weighted by molar-refractivity contribution is 0.702. The number of thioether (sulfide) groups is 1. The fraction of sp³-hybridized carbons (Fsp3) is 0.261. The summed E-state index contributed by atoms with van der Waals surface area (Å²) in [6.45, 7) is 3.14. The second-order valence-corrected chi connectivity index (χ2v) is 9.22. The molecule has 9 heteroatoms. The molecule has 2 heterocycles. The summed E-state index contributed by atoms with van der Waals surface area (Å²) in [5, 5.41) is 4.06. The monoisotopic (exact) mass is 469 g/mol. The van der Waals surface area contributed by atoms with Crippen LogP contribution in [0.15, 0.2) is 63.0 Å². The molecule has 4 aromatic rings. The largest absolute Gasteiger partial charge is 0.355 e. The van der Waals surface area contributed by atoms with Crippen LogP contribution >= 0.6 is 23.4 Å². The number of rotatable bonds is 7. The SMILES string of the molecule is Cc1ccc(Cn2c(NCCSc3ccc(Cl)cc3)nc3c2c(=O)n(C)c(=O)n3C)cc1. The van der Waals surface area contributed by atoms with E-state index in [1.54, 1.807) is 18.8 Å². The zero-order chi connectivity index (χ0) is 22.8. The number of imidazole rings is 1. The maximum Gasteiger partial charge on any atom is 0.332 e. The van der Waals surface area contributed by atoms with E-state index in [2.05, 4.69) is 10.3 Å². The molecule has 0 radical (unpaired) electrons. The molecule has 32 heavy (non-hydrogen) atoms. The summed E-state index contributed by atoms with van der Waals surface area (Å²) >= 11 is 7.65. The molecule has 0 bridgehead atoms. The molecule has 0 unspecified atom stereocenters. The Morgan fingerprint density at radius 1 is 1.00 bits per heavy atom. The number of nitrogens with zero attached hydrogens (tertiary/aromatic N) is 4. The summed E-state index contributed by atoms with van der Waals surface area (Å²) in [5.74, 6) is 1.36. The second kappa shape index (κ2) is 9.26. The lowest BCUT2D eigenvalue weighted by Crippen LogP contribution is -2.37. The van der Waals surface area contributed by atoms with Crippen LogP contribution in [0.5, 0.6) is 0 Å². The second-order valence-electron chi connectivity index (χ2n) is 7.61. The van der Waals surface area contributed by atoms with Crippen LogP contribution in [0.25, 0.3) is 11.2 Å². The van der Waals surface area contributed by atoms with Gasteiger partial charge in [-0.3, -0.25) is 18.5 Å². The third-order valence-electron chi connectivity index (χ3n) is 5.28. The Bertz CT molecular complexity index is 1370. The molecule has 1 N–H and O–H groups in total. The predicted molar refractivity (Wildman–Crippen MR) is 131 cm³/mol. The molecule has 2 aromatic heterocycles. The number of aryl methyl sites for hydroxylation is 2. The highest BCUT2D eigenvalue weighted by molar-refractivity contribution is 7.99. The number of benzene rings is 2. The maximum absolute atomic E-state index is 13.0. The van der Waals surface area contributed by atoms with Crippen molar-refractivity contribution >= 4 is 40.5 Å². The van der Waals surface area contributed by atoms with Gasteiger partial charge in [0, 0.05) is 36.3 Å². The lowest BCUT2D eigenvalue weighted by atomic mass is 10.1. The molecule has 0 aliphatic rings. The first-order valence-corrected chi connectivity index (χ1v) is 11.6. The Hall–Kier alpha value is -2.97. The van der Waals surface area contributed by atoms with Crippen LogP contribution < -0.4 is 16.6 Å². The molecule has 4 rings (SSSR count). The smallest absolute Gasteiger partial charge is 0.332 e. The number of hydrogen-bond acceptors (Lipinski definition) is 5. The molecule has 166 valence electrons. The standard InChI is InChI=1S/C23H24ClN5O2S/c1-15-4-6-16(7-5-15)14-29-19-20(27(2)23(31)28(3)21(19)30)26-22(29)25-12-13-32-18-10-8-17(24)9-11-18/h4-11H,12-14H2,1-3H3,(H,25,26). The molecular weight excluding hydrogens is 446 g/mol. The first-order chi connectivity index (χ1) is 15.3. The first kappa shape index (κ1) is 22.2. The van der Waals surface area contributed by atoms with E-state index < -0.39 is 5.69 Å². The van der Waals surface area contributed by atoms with E-state index in [1.807, 2.05) is 60.0 Å². The minimum Gasteiger partial charge on any atom is -0.355 e. The highest BCUT2D eigenvalue weighted by Crippen LogP contribution is 2.21. The molecule has 2 aromatic carbocycles. The quantitative estimate of drug-likeness (QED) is 0.330. The predicted octanol–water partition coefficient (Wildman–Crippen LogP) is 3.65. The van der Waals surface area contributed by atoms with Crippen LogP contribution in [0.4, 0.5) is 5.95 Å². The van der Waals surface area contributed by atoms with Gasteiger partial charge in [-0.2, -0.15) is 4.98 Å². The van der Waals surface area contributed by atoms with Crippen molar-refractivity contribution in [2.24, 2.45) is 14.1 Å². The van der Waals surface area contributed by atoms with Gasteiger partial charge in [0.15, 0.2) is 11.2 Å². The van der Waals surface area contributed by atoms with Crippen molar-refractivity contribution in [3.8, 4) is 0 Å². The molecule has 0 atom stereocenters. The number of nitrogens with one attached hydrogen (secondary N) is 1. The summed E-state index contributed by atoms with van der Waals surface area (Å²) in [4.78, 5) is 31.1. The van der Waals surface area contributed by atoms with Gasteiger partial charge in [-0.15, -0.1) is 11.8 Å². The van der Waals surface area contributed by atoms with E-state index in [4.69, 9.17) is 11.6 Å². The molecule has 0 spiro atoms. The average molecular weight is 470 g/mol. The molecule has 0 fully saturated rings. The van der Waals surface area contributed by atoms with Gasteiger partial charge < -0.3 is 5.32 Å². The Morgan fingerprint density at radius 3 is 2.38 bits per heavy atom. The van der Waals surface area contributed by atoms with Gasteiger partial charge in [-0.25, -0.2) is 4.79 Å². The minimum atomic E-state index is -0.396. The number of anilines is 1. The molecular formula is C23H24ClN5O2S. The van der Waals surface area contributed by atoms with E-state index in [9.17, 15) is 9.59 Å². The van der Waals surface area contributed by atoms with Crippen LogP contribution in [0.2, 0.25) is 5.02 Å². The van der Waals surface area contributed by atoms with Gasteiger partial charge in [-0.05, 0) is 36.8 Å². The zero-order valence-electron chi connectivity index (χ0n) is 18.1. The van der Waals surface area contributed by atoms with Gasteiger partial charge in [0.1, 0.15) is 0 Å². The maximum atomic E-state index is 13.0. The summed E-state index contributed by atoms with van der Waals surface area (Å²) in [7, 11) is 3.12. The Labute approximate surface area is 194 Å². The number of halogens is 1. The van der Waals surface area contributed by atoms with Crippen molar-refractivity contribution in [3.05, 3.63) is 85.5 Å². The average Bonchev–Trinajstić information content (AvgIpc) is 3.15. The zero-order valence-corrected chi connectivity index (χ0v) is 19.7. The van der Waals surface area contributed by atoms with Crippen molar-refractivity contribution in [2.75, 3.05) is 17.6 Å². The van der Waals surface area contributed by atoms with E-state index in [1.165, 1.54) is 17.2 Å². The molecule has 7 nitrogen and oxygen atoms in total. The van der Waals surface area contributed by atoms with Crippen LogP contribution in [0.1, 0.15) is 11.1 Å².